The minimum Gasteiger partial charge on any atom is -0.508 e. The maximum absolute atomic E-state index is 12.4. The van der Waals surface area contributed by atoms with Crippen LogP contribution in [0.3, 0.4) is 0 Å². The van der Waals surface area contributed by atoms with Crippen LogP contribution in [-0.4, -0.2) is 47.0 Å². The van der Waals surface area contributed by atoms with Gasteiger partial charge in [0.25, 0.3) is 0 Å². The molecule has 2 aromatic carbocycles. The van der Waals surface area contributed by atoms with Crippen LogP contribution in [0.5, 0.6) is 5.75 Å². The number of piperazine rings is 1. The summed E-state index contributed by atoms with van der Waals surface area (Å²) in [6, 6.07) is 14.7. The highest BCUT2D eigenvalue weighted by Gasteiger charge is 2.21. The van der Waals surface area contributed by atoms with Crippen molar-refractivity contribution >= 4 is 17.5 Å². The second kappa shape index (κ2) is 7.69. The van der Waals surface area contributed by atoms with E-state index >= 15 is 0 Å². The predicted octanol–water partition coefficient (Wildman–Crippen LogP) is 2.93. The van der Waals surface area contributed by atoms with Crippen LogP contribution in [0.2, 0.25) is 5.02 Å². The maximum Gasteiger partial charge on any atom is 0.227 e. The van der Waals surface area contributed by atoms with Gasteiger partial charge in [-0.25, -0.2) is 0 Å². The number of phenols is 1. The molecule has 0 spiro atoms. The number of carbonyl (C=O) groups is 1. The third-order valence-corrected chi connectivity index (χ3v) is 4.59. The van der Waals surface area contributed by atoms with Gasteiger partial charge in [-0.05, 0) is 35.4 Å². The van der Waals surface area contributed by atoms with Crippen LogP contribution in [0.4, 0.5) is 0 Å². The number of hydrogen-bond acceptors (Lipinski definition) is 3. The van der Waals surface area contributed by atoms with Crippen molar-refractivity contribution in [2.75, 3.05) is 26.2 Å². The SMILES string of the molecule is O=C(Cc1ccc(O)cc1)N1CCN(Cc2ccc(Cl)cc2)CC1. The Morgan fingerprint density at radius 2 is 1.50 bits per heavy atom. The summed E-state index contributed by atoms with van der Waals surface area (Å²) in [6.07, 6.45) is 0.386. The van der Waals surface area contributed by atoms with Gasteiger partial charge in [0.2, 0.25) is 5.91 Å². The predicted molar refractivity (Wildman–Crippen MR) is 95.1 cm³/mol. The fourth-order valence-electron chi connectivity index (χ4n) is 2.90. The lowest BCUT2D eigenvalue weighted by Crippen LogP contribution is -2.48. The van der Waals surface area contributed by atoms with Gasteiger partial charge < -0.3 is 10.0 Å². The molecule has 1 amide bonds. The largest absolute Gasteiger partial charge is 0.508 e. The maximum atomic E-state index is 12.4. The molecule has 24 heavy (non-hydrogen) atoms. The summed E-state index contributed by atoms with van der Waals surface area (Å²) in [5.41, 5.74) is 2.17. The van der Waals surface area contributed by atoms with Crippen molar-refractivity contribution in [3.05, 3.63) is 64.7 Å². The second-order valence-corrected chi connectivity index (χ2v) is 6.56. The molecule has 1 aliphatic heterocycles. The Morgan fingerprint density at radius 3 is 2.12 bits per heavy atom. The van der Waals surface area contributed by atoms with Crippen molar-refractivity contribution in [2.45, 2.75) is 13.0 Å². The highest BCUT2D eigenvalue weighted by molar-refractivity contribution is 6.30. The average Bonchev–Trinajstić information content (AvgIpc) is 2.59. The summed E-state index contributed by atoms with van der Waals surface area (Å²) >= 11 is 5.91. The first-order chi connectivity index (χ1) is 11.6. The molecule has 0 saturated carbocycles. The topological polar surface area (TPSA) is 43.8 Å². The Hall–Kier alpha value is -2.04. The number of benzene rings is 2. The molecule has 0 atom stereocenters. The Bertz CT molecular complexity index is 678. The molecule has 0 radical (unpaired) electrons. The minimum atomic E-state index is 0.145. The summed E-state index contributed by atoms with van der Waals surface area (Å²) in [4.78, 5) is 16.7. The van der Waals surface area contributed by atoms with Crippen molar-refractivity contribution in [1.82, 2.24) is 9.80 Å². The molecule has 1 aliphatic rings. The molecule has 0 unspecified atom stereocenters. The van der Waals surface area contributed by atoms with E-state index in [1.54, 1.807) is 24.3 Å². The van der Waals surface area contributed by atoms with Crippen LogP contribution in [0.1, 0.15) is 11.1 Å². The number of carbonyl (C=O) groups excluding carboxylic acids is 1. The standard InChI is InChI=1S/C19H21ClN2O2/c20-17-5-1-16(2-6-17)14-21-9-11-22(12-10-21)19(24)13-15-3-7-18(23)8-4-15/h1-8,23H,9-14H2. The smallest absolute Gasteiger partial charge is 0.227 e. The molecule has 5 heteroatoms. The van der Waals surface area contributed by atoms with Crippen molar-refractivity contribution in [1.29, 1.82) is 0 Å². The van der Waals surface area contributed by atoms with Crippen molar-refractivity contribution < 1.29 is 9.90 Å². The van der Waals surface area contributed by atoms with Gasteiger partial charge in [-0.15, -0.1) is 0 Å². The van der Waals surface area contributed by atoms with Crippen LogP contribution >= 0.6 is 11.6 Å². The van der Waals surface area contributed by atoms with Crippen molar-refractivity contribution in [3.8, 4) is 5.75 Å². The van der Waals surface area contributed by atoms with Crippen molar-refractivity contribution in [3.63, 3.8) is 0 Å². The third kappa shape index (κ3) is 4.49. The van der Waals surface area contributed by atoms with Gasteiger partial charge in [0.15, 0.2) is 0 Å². The quantitative estimate of drug-likeness (QED) is 0.927. The molecule has 0 aliphatic carbocycles. The van der Waals surface area contributed by atoms with Gasteiger partial charge in [-0.1, -0.05) is 35.9 Å². The number of phenolic OH excluding ortho intramolecular Hbond substituents is 1. The number of hydrogen-bond donors (Lipinski definition) is 1. The fourth-order valence-corrected chi connectivity index (χ4v) is 3.03. The first-order valence-corrected chi connectivity index (χ1v) is 8.50. The van der Waals surface area contributed by atoms with E-state index in [9.17, 15) is 9.90 Å². The molecule has 1 fully saturated rings. The zero-order valence-electron chi connectivity index (χ0n) is 13.5. The van der Waals surface area contributed by atoms with E-state index in [0.717, 1.165) is 43.3 Å². The average molecular weight is 345 g/mol. The molecule has 3 rings (SSSR count). The molecule has 1 saturated heterocycles. The highest BCUT2D eigenvalue weighted by Crippen LogP contribution is 2.14. The third-order valence-electron chi connectivity index (χ3n) is 4.34. The monoisotopic (exact) mass is 344 g/mol. The van der Waals surface area contributed by atoms with Crippen LogP contribution in [-0.2, 0) is 17.8 Å². The summed E-state index contributed by atoms with van der Waals surface area (Å²) in [5, 5.41) is 10.0. The number of halogens is 1. The minimum absolute atomic E-state index is 0.145. The zero-order valence-corrected chi connectivity index (χ0v) is 14.2. The van der Waals surface area contributed by atoms with Gasteiger partial charge in [-0.3, -0.25) is 9.69 Å². The van der Waals surface area contributed by atoms with E-state index < -0.39 is 0 Å². The molecule has 126 valence electrons. The van der Waals surface area contributed by atoms with Gasteiger partial charge in [-0.2, -0.15) is 0 Å². The lowest BCUT2D eigenvalue weighted by atomic mass is 10.1. The molecular formula is C19H21ClN2O2. The first-order valence-electron chi connectivity index (χ1n) is 8.12. The van der Waals surface area contributed by atoms with E-state index in [1.165, 1.54) is 5.56 Å². The summed E-state index contributed by atoms with van der Waals surface area (Å²) < 4.78 is 0. The zero-order chi connectivity index (χ0) is 16.9. The number of aromatic hydroxyl groups is 1. The normalized spacial score (nSPS) is 15.5. The summed E-state index contributed by atoms with van der Waals surface area (Å²) in [7, 11) is 0. The lowest BCUT2D eigenvalue weighted by molar-refractivity contribution is -0.132. The van der Waals surface area contributed by atoms with E-state index in [-0.39, 0.29) is 11.7 Å². The van der Waals surface area contributed by atoms with Gasteiger partial charge in [0, 0.05) is 37.7 Å². The van der Waals surface area contributed by atoms with Gasteiger partial charge in [0.05, 0.1) is 6.42 Å². The Labute approximate surface area is 147 Å². The van der Waals surface area contributed by atoms with Gasteiger partial charge in [0.1, 0.15) is 5.75 Å². The van der Waals surface area contributed by atoms with E-state index in [4.69, 9.17) is 11.6 Å². The molecule has 4 nitrogen and oxygen atoms in total. The highest BCUT2D eigenvalue weighted by atomic mass is 35.5. The van der Waals surface area contributed by atoms with Crippen molar-refractivity contribution in [2.24, 2.45) is 0 Å². The molecular weight excluding hydrogens is 324 g/mol. The Balaban J connectivity index is 1.48. The summed E-state index contributed by atoms with van der Waals surface area (Å²) in [6.45, 7) is 4.15. The molecule has 0 bridgehead atoms. The molecule has 1 N–H and O–H groups in total. The fraction of sp³-hybridized carbons (Fsp3) is 0.316. The Morgan fingerprint density at radius 1 is 0.917 bits per heavy atom. The van der Waals surface area contributed by atoms with E-state index in [2.05, 4.69) is 4.90 Å². The van der Waals surface area contributed by atoms with Crippen LogP contribution in [0.25, 0.3) is 0 Å². The molecule has 0 aromatic heterocycles. The first kappa shape index (κ1) is 16.8. The van der Waals surface area contributed by atoms with E-state index in [1.807, 2.05) is 29.2 Å². The number of amides is 1. The molecule has 2 aromatic rings. The van der Waals surface area contributed by atoms with Gasteiger partial charge >= 0.3 is 0 Å². The Kier molecular flexibility index (Phi) is 5.38. The summed E-state index contributed by atoms with van der Waals surface area (Å²) in [5.74, 6) is 0.369. The number of nitrogens with zero attached hydrogens (tertiary/aromatic N) is 2. The lowest BCUT2D eigenvalue weighted by Gasteiger charge is -2.34. The van der Waals surface area contributed by atoms with Crippen LogP contribution in [0.15, 0.2) is 48.5 Å². The van der Waals surface area contributed by atoms with Crippen LogP contribution in [0, 0.1) is 0 Å². The molecule has 1 heterocycles. The van der Waals surface area contributed by atoms with Crippen LogP contribution < -0.4 is 0 Å². The van der Waals surface area contributed by atoms with E-state index in [0.29, 0.717) is 6.42 Å². The number of rotatable bonds is 4. The second-order valence-electron chi connectivity index (χ2n) is 6.13.